The monoisotopic (exact) mass is 505 g/mol. The van der Waals surface area contributed by atoms with Crippen LogP contribution in [0.5, 0.6) is 5.75 Å². The van der Waals surface area contributed by atoms with E-state index in [0.29, 0.717) is 11.1 Å². The normalized spacial score (nSPS) is 12.1. The van der Waals surface area contributed by atoms with Gasteiger partial charge in [0.25, 0.3) is 10.1 Å². The largest absolute Gasteiger partial charge is 0.496 e. The zero-order valence-electron chi connectivity index (χ0n) is 21.6. The average Bonchev–Trinajstić information content (AvgIpc) is 2.87. The summed E-state index contributed by atoms with van der Waals surface area (Å²) in [5, 5.41) is 0. The van der Waals surface area contributed by atoms with Crippen molar-refractivity contribution >= 4 is 40.1 Å². The molecule has 3 rings (SSSR count). The maximum atomic E-state index is 11.8. The number of benzene rings is 3. The molecule has 0 heterocycles. The van der Waals surface area contributed by atoms with Gasteiger partial charge in [-0.2, -0.15) is 8.42 Å². The van der Waals surface area contributed by atoms with Gasteiger partial charge in [0, 0.05) is 30.4 Å². The quantitative estimate of drug-likeness (QED) is 0.232. The number of nitrogens with zero attached hydrogens (tertiary/aromatic N) is 1. The minimum absolute atomic E-state index is 0.0131. The molecule has 0 bridgehead atoms. The molecule has 0 aliphatic carbocycles. The van der Waals surface area contributed by atoms with Crippen molar-refractivity contribution in [1.29, 1.82) is 0 Å². The molecule has 0 radical (unpaired) electrons. The molecule has 0 saturated carbocycles. The molecule has 0 unspecified atom stereocenters. The van der Waals surface area contributed by atoms with E-state index < -0.39 is 10.1 Å². The van der Waals surface area contributed by atoms with E-state index >= 15 is 0 Å². The van der Waals surface area contributed by atoms with E-state index in [1.165, 1.54) is 6.07 Å². The van der Waals surface area contributed by atoms with Crippen LogP contribution in [0.25, 0.3) is 24.3 Å². The predicted molar refractivity (Wildman–Crippen MR) is 151 cm³/mol. The second-order valence-electron chi connectivity index (χ2n) is 8.86. The molecule has 0 spiro atoms. The Hall–Kier alpha value is -3.35. The smallest absolute Gasteiger partial charge is 0.294 e. The van der Waals surface area contributed by atoms with Crippen LogP contribution in [-0.2, 0) is 10.1 Å². The summed E-state index contributed by atoms with van der Waals surface area (Å²) >= 11 is 0. The molecule has 0 aromatic heterocycles. The number of hydrogen-bond acceptors (Lipinski definition) is 4. The van der Waals surface area contributed by atoms with E-state index in [1.807, 2.05) is 68.5 Å². The summed E-state index contributed by atoms with van der Waals surface area (Å²) < 4.78 is 38.9. The summed E-state index contributed by atoms with van der Waals surface area (Å²) in [6, 6.07) is 19.4. The molecule has 0 saturated heterocycles. The molecule has 0 atom stereocenters. The van der Waals surface area contributed by atoms with Crippen molar-refractivity contribution in [3.8, 4) is 5.75 Å². The van der Waals surface area contributed by atoms with Crippen molar-refractivity contribution in [2.75, 3.05) is 25.1 Å². The third kappa shape index (κ3) is 6.86. The van der Waals surface area contributed by atoms with Crippen LogP contribution >= 0.6 is 0 Å². The predicted octanol–water partition coefficient (Wildman–Crippen LogP) is 7.25. The molecule has 3 aromatic carbocycles. The van der Waals surface area contributed by atoms with Crippen molar-refractivity contribution in [2.45, 2.75) is 38.5 Å². The van der Waals surface area contributed by atoms with Crippen molar-refractivity contribution in [1.82, 2.24) is 0 Å². The lowest BCUT2D eigenvalue weighted by molar-refractivity contribution is 0.414. The maximum absolute atomic E-state index is 11.8. The topological polar surface area (TPSA) is 66.8 Å². The highest BCUT2D eigenvalue weighted by Gasteiger charge is 2.17. The first-order valence-corrected chi connectivity index (χ1v) is 13.6. The fourth-order valence-electron chi connectivity index (χ4n) is 4.07. The lowest BCUT2D eigenvalue weighted by Crippen LogP contribution is -2.21. The Morgan fingerprint density at radius 1 is 0.833 bits per heavy atom. The first kappa shape index (κ1) is 27.2. The van der Waals surface area contributed by atoms with Crippen molar-refractivity contribution < 1.29 is 17.7 Å². The van der Waals surface area contributed by atoms with Gasteiger partial charge in [0.1, 0.15) is 5.75 Å². The molecular weight excluding hydrogens is 470 g/mol. The fraction of sp³-hybridized carbons (Fsp3) is 0.267. The van der Waals surface area contributed by atoms with Gasteiger partial charge in [-0.05, 0) is 60.2 Å². The first-order chi connectivity index (χ1) is 17.2. The molecule has 0 fully saturated rings. The molecule has 1 N–H and O–H groups in total. The molecular formula is C30H35NO4S. The van der Waals surface area contributed by atoms with Crippen molar-refractivity contribution in [2.24, 2.45) is 0 Å². The fourth-order valence-corrected chi connectivity index (χ4v) is 4.96. The number of anilines is 1. The van der Waals surface area contributed by atoms with E-state index in [-0.39, 0.29) is 10.8 Å². The Balaban J connectivity index is 1.76. The molecule has 190 valence electrons. The van der Waals surface area contributed by atoms with Crippen molar-refractivity contribution in [3.05, 3.63) is 88.5 Å². The molecule has 5 nitrogen and oxygen atoms in total. The standard InChI is InChI=1S/C30H35NO4S/c1-6-31(7-2)27-18-17-26(29(21-27)35-5)16-14-24-10-8-23(9-11-24)12-13-25-15-19-28(22(3)4)30(20-25)36(32,33)34/h8-22H,6-7H2,1-5H3,(H,32,33,34)/b13-12+,16-14+. The van der Waals surface area contributed by atoms with Gasteiger partial charge in [0.15, 0.2) is 0 Å². The molecule has 3 aromatic rings. The summed E-state index contributed by atoms with van der Waals surface area (Å²) in [6.45, 7) is 9.96. The second kappa shape index (κ2) is 12.1. The Labute approximate surface area is 215 Å². The third-order valence-corrected chi connectivity index (χ3v) is 7.05. The van der Waals surface area contributed by atoms with E-state index in [4.69, 9.17) is 4.74 Å². The van der Waals surface area contributed by atoms with Crippen LogP contribution in [0.2, 0.25) is 0 Å². The van der Waals surface area contributed by atoms with E-state index in [2.05, 4.69) is 36.9 Å². The average molecular weight is 506 g/mol. The first-order valence-electron chi connectivity index (χ1n) is 12.2. The zero-order chi connectivity index (χ0) is 26.3. The van der Waals surface area contributed by atoms with Crippen LogP contribution in [0.1, 0.15) is 61.4 Å². The minimum Gasteiger partial charge on any atom is -0.496 e. The van der Waals surface area contributed by atoms with Crippen LogP contribution in [-0.4, -0.2) is 33.2 Å². The summed E-state index contributed by atoms with van der Waals surface area (Å²) in [5.74, 6) is 0.823. The highest BCUT2D eigenvalue weighted by molar-refractivity contribution is 7.85. The lowest BCUT2D eigenvalue weighted by atomic mass is 10.0. The Morgan fingerprint density at radius 3 is 1.92 bits per heavy atom. The van der Waals surface area contributed by atoms with E-state index in [0.717, 1.165) is 41.2 Å². The highest BCUT2D eigenvalue weighted by Crippen LogP contribution is 2.28. The van der Waals surface area contributed by atoms with Gasteiger partial charge >= 0.3 is 0 Å². The number of hydrogen-bond donors (Lipinski definition) is 1. The van der Waals surface area contributed by atoms with Crippen LogP contribution in [0.3, 0.4) is 0 Å². The van der Waals surface area contributed by atoms with Crippen molar-refractivity contribution in [3.63, 3.8) is 0 Å². The van der Waals surface area contributed by atoms with Crippen LogP contribution in [0, 0.1) is 0 Å². The summed E-state index contributed by atoms with van der Waals surface area (Å²) in [7, 11) is -2.60. The van der Waals surface area contributed by atoms with E-state index in [1.54, 1.807) is 13.2 Å². The molecule has 0 amide bonds. The number of methoxy groups -OCH3 is 1. The maximum Gasteiger partial charge on any atom is 0.294 e. The summed E-state index contributed by atoms with van der Waals surface area (Å²) in [6.07, 6.45) is 7.85. The lowest BCUT2D eigenvalue weighted by Gasteiger charge is -2.22. The van der Waals surface area contributed by atoms with Gasteiger partial charge in [-0.15, -0.1) is 0 Å². The zero-order valence-corrected chi connectivity index (χ0v) is 22.4. The van der Waals surface area contributed by atoms with Crippen LogP contribution in [0.15, 0.2) is 65.6 Å². The van der Waals surface area contributed by atoms with Gasteiger partial charge in [-0.1, -0.05) is 74.5 Å². The summed E-state index contributed by atoms with van der Waals surface area (Å²) in [5.41, 5.74) is 5.50. The summed E-state index contributed by atoms with van der Waals surface area (Å²) in [4.78, 5) is 2.24. The highest BCUT2D eigenvalue weighted by atomic mass is 32.2. The number of rotatable bonds is 10. The molecule has 0 aliphatic rings. The van der Waals surface area contributed by atoms with Gasteiger partial charge in [0.2, 0.25) is 0 Å². The minimum atomic E-state index is -4.29. The van der Waals surface area contributed by atoms with Gasteiger partial charge in [0.05, 0.1) is 12.0 Å². The molecule has 36 heavy (non-hydrogen) atoms. The third-order valence-electron chi connectivity index (χ3n) is 6.14. The van der Waals surface area contributed by atoms with Crippen LogP contribution < -0.4 is 9.64 Å². The van der Waals surface area contributed by atoms with Gasteiger partial charge in [-0.25, -0.2) is 0 Å². The van der Waals surface area contributed by atoms with Gasteiger partial charge < -0.3 is 9.64 Å². The molecule has 6 heteroatoms. The SMILES string of the molecule is CCN(CC)c1ccc(/C=C/c2ccc(/C=C/c3ccc(C(C)C)c(S(=O)(=O)O)c3)cc2)c(OC)c1. The van der Waals surface area contributed by atoms with Gasteiger partial charge in [-0.3, -0.25) is 4.55 Å². The molecule has 0 aliphatic heterocycles. The van der Waals surface area contributed by atoms with E-state index in [9.17, 15) is 13.0 Å². The Morgan fingerprint density at radius 2 is 1.39 bits per heavy atom. The second-order valence-corrected chi connectivity index (χ2v) is 10.2. The Kier molecular flexibility index (Phi) is 9.13. The van der Waals surface area contributed by atoms with Crippen LogP contribution in [0.4, 0.5) is 5.69 Å². The number of ether oxygens (including phenoxy) is 1. The Bertz CT molecular complexity index is 1340.